The number of hydrogen-bond acceptors (Lipinski definition) is 4. The van der Waals surface area contributed by atoms with Crippen LogP contribution in [0.1, 0.15) is 25.7 Å². The van der Waals surface area contributed by atoms with Gasteiger partial charge in [0.1, 0.15) is 12.3 Å². The van der Waals surface area contributed by atoms with Crippen LogP contribution in [0.25, 0.3) is 0 Å². The lowest BCUT2D eigenvalue weighted by molar-refractivity contribution is -0.114. The van der Waals surface area contributed by atoms with E-state index in [0.29, 0.717) is 5.69 Å². The minimum absolute atomic E-state index is 0.0484. The third-order valence-electron chi connectivity index (χ3n) is 5.50. The van der Waals surface area contributed by atoms with Gasteiger partial charge in [0.25, 0.3) is 10.0 Å². The Balaban J connectivity index is 1.53. The van der Waals surface area contributed by atoms with E-state index < -0.39 is 22.5 Å². The molecule has 1 N–H and O–H groups in total. The first-order valence-corrected chi connectivity index (χ1v) is 13.1. The van der Waals surface area contributed by atoms with Gasteiger partial charge in [-0.15, -0.1) is 0 Å². The van der Waals surface area contributed by atoms with E-state index in [-0.39, 0.29) is 26.7 Å². The van der Waals surface area contributed by atoms with Gasteiger partial charge in [-0.05, 0) is 80.3 Å². The van der Waals surface area contributed by atoms with Gasteiger partial charge >= 0.3 is 0 Å². The normalized spacial score (nSPS) is 14.1. The molecule has 0 unspecified atom stereocenters. The van der Waals surface area contributed by atoms with Crippen molar-refractivity contribution in [2.24, 2.45) is 0 Å². The Kier molecular flexibility index (Phi) is 7.66. The number of anilines is 2. The maximum Gasteiger partial charge on any atom is 0.264 e. The number of ether oxygens (including phenoxy) is 1. The number of hydrogen-bond donors (Lipinski definition) is 1. The second-order valence-corrected chi connectivity index (χ2v) is 10.8. The van der Waals surface area contributed by atoms with Crippen molar-refractivity contribution >= 4 is 50.5 Å². The molecule has 0 atom stereocenters. The van der Waals surface area contributed by atoms with Gasteiger partial charge in [0.2, 0.25) is 5.91 Å². The van der Waals surface area contributed by atoms with Crippen LogP contribution in [0.5, 0.6) is 5.75 Å². The molecular formula is C25H24Cl2N2O4S. The monoisotopic (exact) mass is 518 g/mol. The molecule has 0 radical (unpaired) electrons. The molecule has 0 aromatic heterocycles. The molecular weight excluding hydrogens is 495 g/mol. The van der Waals surface area contributed by atoms with E-state index in [1.807, 2.05) is 0 Å². The zero-order valence-electron chi connectivity index (χ0n) is 18.3. The number of sulfonamides is 1. The van der Waals surface area contributed by atoms with Crippen molar-refractivity contribution in [2.45, 2.75) is 36.7 Å². The number of halogens is 2. The third kappa shape index (κ3) is 6.03. The average Bonchev–Trinajstić information content (AvgIpc) is 3.32. The fraction of sp³-hybridized carbons (Fsp3) is 0.240. The van der Waals surface area contributed by atoms with Crippen molar-refractivity contribution in [3.05, 3.63) is 82.8 Å². The number of nitrogens with zero attached hydrogens (tertiary/aromatic N) is 1. The molecule has 4 rings (SSSR count). The average molecular weight is 519 g/mol. The number of amides is 1. The molecule has 1 saturated carbocycles. The topological polar surface area (TPSA) is 75.7 Å². The predicted octanol–water partition coefficient (Wildman–Crippen LogP) is 6.15. The highest BCUT2D eigenvalue weighted by molar-refractivity contribution is 7.92. The Hall–Kier alpha value is -2.74. The highest BCUT2D eigenvalue weighted by atomic mass is 35.5. The van der Waals surface area contributed by atoms with Crippen molar-refractivity contribution in [1.82, 2.24) is 0 Å². The summed E-state index contributed by atoms with van der Waals surface area (Å²) in [7, 11) is -4.06. The van der Waals surface area contributed by atoms with Crippen molar-refractivity contribution < 1.29 is 17.9 Å². The fourth-order valence-electron chi connectivity index (χ4n) is 3.86. The van der Waals surface area contributed by atoms with E-state index >= 15 is 0 Å². The first-order chi connectivity index (χ1) is 16.3. The Labute approximate surface area is 209 Å². The molecule has 178 valence electrons. The molecule has 3 aromatic carbocycles. The minimum Gasteiger partial charge on any atom is -0.490 e. The van der Waals surface area contributed by atoms with Gasteiger partial charge in [0.05, 0.1) is 16.7 Å². The maximum absolute atomic E-state index is 13.4. The zero-order chi connectivity index (χ0) is 24.1. The van der Waals surface area contributed by atoms with Crippen LogP contribution in [0.4, 0.5) is 11.4 Å². The Morgan fingerprint density at radius 2 is 1.56 bits per heavy atom. The molecule has 0 spiro atoms. The second kappa shape index (κ2) is 10.7. The molecule has 1 amide bonds. The molecule has 34 heavy (non-hydrogen) atoms. The molecule has 0 aliphatic heterocycles. The van der Waals surface area contributed by atoms with Crippen LogP contribution in [-0.4, -0.2) is 27.0 Å². The molecule has 0 saturated heterocycles. The van der Waals surface area contributed by atoms with E-state index in [0.717, 1.165) is 22.9 Å². The van der Waals surface area contributed by atoms with Crippen molar-refractivity contribution in [1.29, 1.82) is 0 Å². The van der Waals surface area contributed by atoms with Crippen LogP contribution in [0.15, 0.2) is 77.7 Å². The van der Waals surface area contributed by atoms with E-state index in [1.165, 1.54) is 43.2 Å². The Bertz CT molecular complexity index is 1230. The van der Waals surface area contributed by atoms with Crippen LogP contribution < -0.4 is 14.4 Å². The predicted molar refractivity (Wildman–Crippen MR) is 135 cm³/mol. The van der Waals surface area contributed by atoms with Gasteiger partial charge < -0.3 is 10.1 Å². The lowest BCUT2D eigenvalue weighted by Crippen LogP contribution is -2.38. The highest BCUT2D eigenvalue weighted by Crippen LogP contribution is 2.30. The molecule has 1 fully saturated rings. The van der Waals surface area contributed by atoms with Crippen LogP contribution >= 0.6 is 23.2 Å². The lowest BCUT2D eigenvalue weighted by Gasteiger charge is -2.24. The van der Waals surface area contributed by atoms with Crippen LogP contribution in [-0.2, 0) is 14.8 Å². The first-order valence-electron chi connectivity index (χ1n) is 10.9. The largest absolute Gasteiger partial charge is 0.490 e. The lowest BCUT2D eigenvalue weighted by atomic mass is 10.2. The summed E-state index contributed by atoms with van der Waals surface area (Å²) < 4.78 is 33.7. The van der Waals surface area contributed by atoms with Gasteiger partial charge in [0, 0.05) is 15.7 Å². The first kappa shape index (κ1) is 24.4. The zero-order valence-corrected chi connectivity index (χ0v) is 20.6. The molecule has 9 heteroatoms. The van der Waals surface area contributed by atoms with Crippen molar-refractivity contribution in [2.75, 3.05) is 16.2 Å². The Morgan fingerprint density at radius 3 is 2.18 bits per heavy atom. The summed E-state index contributed by atoms with van der Waals surface area (Å²) in [6, 6.07) is 19.3. The quantitative estimate of drug-likeness (QED) is 0.388. The van der Waals surface area contributed by atoms with Crippen molar-refractivity contribution in [3.63, 3.8) is 0 Å². The number of carbonyl (C=O) groups excluding carboxylic acids is 1. The standard InChI is InChI=1S/C25H24Cl2N2O4S/c26-18-14-19(27)16-21(15-18)29(34(31,32)24-8-2-1-3-9-24)17-25(30)28-20-10-12-23(13-11-20)33-22-6-4-5-7-22/h1-3,8-16,22H,4-7,17H2,(H,28,30). The molecule has 0 heterocycles. The molecule has 0 bridgehead atoms. The van der Waals surface area contributed by atoms with E-state index in [2.05, 4.69) is 5.32 Å². The summed E-state index contributed by atoms with van der Waals surface area (Å²) in [5.74, 6) is 0.229. The number of rotatable bonds is 8. The summed E-state index contributed by atoms with van der Waals surface area (Å²) in [5.41, 5.74) is 0.724. The minimum atomic E-state index is -4.06. The van der Waals surface area contributed by atoms with Gasteiger partial charge in [0.15, 0.2) is 0 Å². The molecule has 3 aromatic rings. The highest BCUT2D eigenvalue weighted by Gasteiger charge is 2.28. The SMILES string of the molecule is O=C(CN(c1cc(Cl)cc(Cl)c1)S(=O)(=O)c1ccccc1)Nc1ccc(OC2CCCC2)cc1. The van der Waals surface area contributed by atoms with E-state index in [4.69, 9.17) is 27.9 Å². The number of carbonyl (C=O) groups is 1. The van der Waals surface area contributed by atoms with Crippen molar-refractivity contribution in [3.8, 4) is 5.75 Å². The Morgan fingerprint density at radius 1 is 0.941 bits per heavy atom. The van der Waals surface area contributed by atoms with Gasteiger partial charge in [-0.3, -0.25) is 9.10 Å². The summed E-state index contributed by atoms with van der Waals surface area (Å²) in [4.78, 5) is 12.9. The molecule has 1 aliphatic rings. The fourth-order valence-corrected chi connectivity index (χ4v) is 5.80. The maximum atomic E-state index is 13.4. The molecule has 1 aliphatic carbocycles. The van der Waals surface area contributed by atoms with E-state index in [9.17, 15) is 13.2 Å². The summed E-state index contributed by atoms with van der Waals surface area (Å²) in [5, 5.41) is 3.27. The van der Waals surface area contributed by atoms with Gasteiger partial charge in [-0.25, -0.2) is 8.42 Å². The van der Waals surface area contributed by atoms with Gasteiger partial charge in [-0.1, -0.05) is 41.4 Å². The van der Waals surface area contributed by atoms with E-state index in [1.54, 1.807) is 42.5 Å². The van der Waals surface area contributed by atoms with Gasteiger partial charge in [-0.2, -0.15) is 0 Å². The third-order valence-corrected chi connectivity index (χ3v) is 7.72. The second-order valence-electron chi connectivity index (χ2n) is 8.05. The van der Waals surface area contributed by atoms with Crippen LogP contribution in [0, 0.1) is 0 Å². The summed E-state index contributed by atoms with van der Waals surface area (Å²) >= 11 is 12.2. The smallest absolute Gasteiger partial charge is 0.264 e. The summed E-state index contributed by atoms with van der Waals surface area (Å²) in [6.07, 6.45) is 4.70. The number of nitrogens with one attached hydrogen (secondary N) is 1. The van der Waals surface area contributed by atoms with Crippen LogP contribution in [0.2, 0.25) is 10.0 Å². The summed E-state index contributed by atoms with van der Waals surface area (Å²) in [6.45, 7) is -0.464. The molecule has 6 nitrogen and oxygen atoms in total. The number of benzene rings is 3. The van der Waals surface area contributed by atoms with Crippen LogP contribution in [0.3, 0.4) is 0 Å².